The maximum Gasteiger partial charge on any atom is 0.229 e. The molecule has 1 aromatic carbocycles. The number of likely N-dealkylation sites (tertiary alicyclic amines) is 2. The Labute approximate surface area is 148 Å². The highest BCUT2D eigenvalue weighted by Gasteiger charge is 2.47. The monoisotopic (exact) mass is 352 g/mol. The van der Waals surface area contributed by atoms with E-state index in [1.54, 1.807) is 14.2 Å². The van der Waals surface area contributed by atoms with Crippen molar-refractivity contribution in [3.05, 3.63) is 22.7 Å². The van der Waals surface area contributed by atoms with Crippen molar-refractivity contribution >= 4 is 17.5 Å². The topological polar surface area (TPSA) is 42.0 Å². The molecule has 0 saturated carbocycles. The Morgan fingerprint density at radius 2 is 2.00 bits per heavy atom. The number of amides is 1. The van der Waals surface area contributed by atoms with Gasteiger partial charge in [0.05, 0.1) is 24.7 Å². The van der Waals surface area contributed by atoms with Crippen molar-refractivity contribution in [2.75, 3.05) is 40.9 Å². The van der Waals surface area contributed by atoms with Crippen LogP contribution in [0.2, 0.25) is 5.02 Å². The molecule has 2 aliphatic rings. The van der Waals surface area contributed by atoms with E-state index in [-0.39, 0.29) is 5.41 Å². The average molecular weight is 353 g/mol. The van der Waals surface area contributed by atoms with E-state index in [1.807, 2.05) is 24.1 Å². The lowest BCUT2D eigenvalue weighted by atomic mass is 9.78. The van der Waals surface area contributed by atoms with Crippen LogP contribution < -0.4 is 9.47 Å². The van der Waals surface area contributed by atoms with Gasteiger partial charge < -0.3 is 14.4 Å². The van der Waals surface area contributed by atoms with Crippen LogP contribution in [0, 0.1) is 5.41 Å². The predicted molar refractivity (Wildman–Crippen MR) is 93.8 cm³/mol. The van der Waals surface area contributed by atoms with Gasteiger partial charge in [-0.05, 0) is 43.5 Å². The summed E-state index contributed by atoms with van der Waals surface area (Å²) in [7, 11) is 5.11. The van der Waals surface area contributed by atoms with Crippen LogP contribution in [0.3, 0.4) is 0 Å². The van der Waals surface area contributed by atoms with Gasteiger partial charge in [0.2, 0.25) is 5.91 Å². The van der Waals surface area contributed by atoms with Gasteiger partial charge in [0.15, 0.2) is 11.5 Å². The van der Waals surface area contributed by atoms with E-state index in [0.717, 1.165) is 51.0 Å². The molecule has 2 fully saturated rings. The summed E-state index contributed by atoms with van der Waals surface area (Å²) in [6, 6.07) is 3.88. The van der Waals surface area contributed by atoms with Crippen LogP contribution in [0.4, 0.5) is 0 Å². The SMILES string of the molecule is COc1cc(CN2CCC3(CCCN(C)C3=O)C2)cc(Cl)c1OC. The lowest BCUT2D eigenvalue weighted by molar-refractivity contribution is -0.143. The Morgan fingerprint density at radius 3 is 2.71 bits per heavy atom. The normalized spacial score (nSPS) is 24.7. The van der Waals surface area contributed by atoms with E-state index in [1.165, 1.54) is 0 Å². The lowest BCUT2D eigenvalue weighted by Crippen LogP contribution is -2.48. The maximum atomic E-state index is 12.6. The Hall–Kier alpha value is -1.46. The molecule has 1 unspecified atom stereocenters. The Balaban J connectivity index is 1.74. The molecule has 1 spiro atoms. The number of hydrogen-bond donors (Lipinski definition) is 0. The third-order valence-electron chi connectivity index (χ3n) is 5.28. The summed E-state index contributed by atoms with van der Waals surface area (Å²) in [6.45, 7) is 3.40. The smallest absolute Gasteiger partial charge is 0.229 e. The number of carbonyl (C=O) groups excluding carboxylic acids is 1. The summed E-state index contributed by atoms with van der Waals surface area (Å²) < 4.78 is 10.7. The number of nitrogens with zero attached hydrogens (tertiary/aromatic N) is 2. The molecule has 24 heavy (non-hydrogen) atoms. The summed E-state index contributed by atoms with van der Waals surface area (Å²) in [6.07, 6.45) is 3.04. The van der Waals surface area contributed by atoms with Crippen molar-refractivity contribution in [3.8, 4) is 11.5 Å². The molecule has 0 N–H and O–H groups in total. The van der Waals surface area contributed by atoms with Crippen LogP contribution >= 0.6 is 11.6 Å². The van der Waals surface area contributed by atoms with E-state index in [4.69, 9.17) is 21.1 Å². The summed E-state index contributed by atoms with van der Waals surface area (Å²) in [5, 5.41) is 0.550. The van der Waals surface area contributed by atoms with Crippen LogP contribution in [0.25, 0.3) is 0 Å². The molecule has 1 atom stereocenters. The minimum atomic E-state index is -0.187. The zero-order valence-electron chi connectivity index (χ0n) is 14.6. The van der Waals surface area contributed by atoms with Gasteiger partial charge in [0, 0.05) is 26.7 Å². The molecule has 0 bridgehead atoms. The molecule has 3 rings (SSSR count). The fourth-order valence-electron chi connectivity index (χ4n) is 4.06. The number of hydrogen-bond acceptors (Lipinski definition) is 4. The third kappa shape index (κ3) is 3.07. The molecular formula is C18H25ClN2O3. The van der Waals surface area contributed by atoms with Gasteiger partial charge in [-0.25, -0.2) is 0 Å². The number of methoxy groups -OCH3 is 2. The fraction of sp³-hybridized carbons (Fsp3) is 0.611. The summed E-state index contributed by atoms with van der Waals surface area (Å²) in [5.41, 5.74) is 0.888. The summed E-state index contributed by atoms with van der Waals surface area (Å²) in [5.74, 6) is 1.51. The molecule has 2 aliphatic heterocycles. The van der Waals surface area contributed by atoms with E-state index in [9.17, 15) is 4.79 Å². The molecule has 1 amide bonds. The Bertz CT molecular complexity index is 637. The molecule has 1 aromatic rings. The zero-order chi connectivity index (χ0) is 17.3. The van der Waals surface area contributed by atoms with E-state index < -0.39 is 0 Å². The van der Waals surface area contributed by atoms with Gasteiger partial charge >= 0.3 is 0 Å². The third-order valence-corrected chi connectivity index (χ3v) is 5.56. The number of halogens is 1. The minimum absolute atomic E-state index is 0.187. The number of benzene rings is 1. The van der Waals surface area contributed by atoms with Crippen molar-refractivity contribution in [1.82, 2.24) is 9.80 Å². The van der Waals surface area contributed by atoms with Crippen molar-refractivity contribution in [3.63, 3.8) is 0 Å². The molecule has 2 heterocycles. The van der Waals surface area contributed by atoms with Crippen LogP contribution in [0.15, 0.2) is 12.1 Å². The number of rotatable bonds is 4. The van der Waals surface area contributed by atoms with Gasteiger partial charge in [0.25, 0.3) is 0 Å². The van der Waals surface area contributed by atoms with E-state index in [2.05, 4.69) is 4.90 Å². The second kappa shape index (κ2) is 6.81. The molecule has 2 saturated heterocycles. The molecule has 5 nitrogen and oxygen atoms in total. The minimum Gasteiger partial charge on any atom is -0.493 e. The van der Waals surface area contributed by atoms with E-state index in [0.29, 0.717) is 22.4 Å². The number of piperidine rings is 1. The largest absolute Gasteiger partial charge is 0.493 e. The summed E-state index contributed by atoms with van der Waals surface area (Å²) >= 11 is 6.30. The highest BCUT2D eigenvalue weighted by atomic mass is 35.5. The van der Waals surface area contributed by atoms with Gasteiger partial charge in [-0.2, -0.15) is 0 Å². The van der Waals surface area contributed by atoms with Crippen molar-refractivity contribution < 1.29 is 14.3 Å². The van der Waals surface area contributed by atoms with Crippen LogP contribution in [0.1, 0.15) is 24.8 Å². The first-order valence-corrected chi connectivity index (χ1v) is 8.75. The van der Waals surface area contributed by atoms with Crippen LogP contribution in [0.5, 0.6) is 11.5 Å². The first-order valence-electron chi connectivity index (χ1n) is 8.37. The Morgan fingerprint density at radius 1 is 1.21 bits per heavy atom. The quantitative estimate of drug-likeness (QED) is 0.835. The molecule has 6 heteroatoms. The van der Waals surface area contributed by atoms with Crippen LogP contribution in [-0.2, 0) is 11.3 Å². The second-order valence-electron chi connectivity index (χ2n) is 6.88. The van der Waals surface area contributed by atoms with Crippen molar-refractivity contribution in [1.29, 1.82) is 0 Å². The van der Waals surface area contributed by atoms with Crippen LogP contribution in [-0.4, -0.2) is 56.6 Å². The average Bonchev–Trinajstić information content (AvgIpc) is 2.95. The predicted octanol–water partition coefficient (Wildman–Crippen LogP) is 2.80. The highest BCUT2D eigenvalue weighted by Crippen LogP contribution is 2.41. The first kappa shape index (κ1) is 17.4. The highest BCUT2D eigenvalue weighted by molar-refractivity contribution is 6.32. The lowest BCUT2D eigenvalue weighted by Gasteiger charge is -2.37. The number of carbonyl (C=O) groups is 1. The summed E-state index contributed by atoms with van der Waals surface area (Å²) in [4.78, 5) is 16.9. The van der Waals surface area contributed by atoms with Gasteiger partial charge in [-0.1, -0.05) is 11.6 Å². The van der Waals surface area contributed by atoms with Gasteiger partial charge in [-0.15, -0.1) is 0 Å². The number of ether oxygens (including phenoxy) is 2. The van der Waals surface area contributed by atoms with Crippen molar-refractivity contribution in [2.45, 2.75) is 25.8 Å². The second-order valence-corrected chi connectivity index (χ2v) is 7.29. The Kier molecular flexibility index (Phi) is 4.92. The first-order chi connectivity index (χ1) is 11.5. The molecule has 0 aromatic heterocycles. The molecule has 0 aliphatic carbocycles. The van der Waals surface area contributed by atoms with Crippen molar-refractivity contribution in [2.24, 2.45) is 5.41 Å². The van der Waals surface area contributed by atoms with Gasteiger partial charge in [-0.3, -0.25) is 9.69 Å². The van der Waals surface area contributed by atoms with Gasteiger partial charge in [0.1, 0.15) is 0 Å². The maximum absolute atomic E-state index is 12.6. The zero-order valence-corrected chi connectivity index (χ0v) is 15.4. The van der Waals surface area contributed by atoms with E-state index >= 15 is 0 Å². The molecular weight excluding hydrogens is 328 g/mol. The molecule has 0 radical (unpaired) electrons. The molecule has 132 valence electrons. The standard InChI is InChI=1S/C18H25ClN2O3/c1-20-7-4-5-18(17(20)22)6-8-21(12-18)11-13-9-14(19)16(24-3)15(10-13)23-2/h9-10H,4-8,11-12H2,1-3H3. The fourth-order valence-corrected chi connectivity index (χ4v) is 4.37.